The van der Waals surface area contributed by atoms with E-state index in [2.05, 4.69) is 31.9 Å². The zero-order valence-electron chi connectivity index (χ0n) is 12.7. The van der Waals surface area contributed by atoms with Crippen molar-refractivity contribution in [3.63, 3.8) is 0 Å². The highest BCUT2D eigenvalue weighted by Gasteiger charge is 2.02. The van der Waals surface area contributed by atoms with E-state index in [-0.39, 0.29) is 11.8 Å². The number of benzene rings is 2. The van der Waals surface area contributed by atoms with E-state index in [1.54, 1.807) is 0 Å². The van der Waals surface area contributed by atoms with Crippen molar-refractivity contribution < 1.29 is 9.59 Å². The van der Waals surface area contributed by atoms with Gasteiger partial charge in [-0.2, -0.15) is 0 Å². The summed E-state index contributed by atoms with van der Waals surface area (Å²) in [6.07, 6.45) is 0.365. The van der Waals surface area contributed by atoms with Gasteiger partial charge in [0.1, 0.15) is 0 Å². The van der Waals surface area contributed by atoms with Gasteiger partial charge in [0, 0.05) is 41.4 Å². The molecule has 0 atom stereocenters. The molecule has 0 aromatic heterocycles. The molecule has 2 aromatic carbocycles. The summed E-state index contributed by atoms with van der Waals surface area (Å²) in [5, 5.41) is 8.71. The number of rotatable bonds is 6. The van der Waals surface area contributed by atoms with E-state index in [9.17, 15) is 9.59 Å². The van der Waals surface area contributed by atoms with Crippen molar-refractivity contribution in [1.82, 2.24) is 0 Å². The molecule has 0 aliphatic carbocycles. The molecular formula is C17H18BrN3O2. The Morgan fingerprint density at radius 2 is 1.39 bits per heavy atom. The quantitative estimate of drug-likeness (QED) is 0.717. The van der Waals surface area contributed by atoms with Gasteiger partial charge < -0.3 is 16.0 Å². The number of anilines is 3. The molecule has 0 bridgehead atoms. The Balaban J connectivity index is 1.74. The molecule has 23 heavy (non-hydrogen) atoms. The lowest BCUT2D eigenvalue weighted by Gasteiger charge is -2.08. The molecule has 2 rings (SSSR count). The SMILES string of the molecule is CC(=O)Nc1ccc(NCCC(=O)Nc2ccc(Br)cc2)cc1. The van der Waals surface area contributed by atoms with E-state index in [0.717, 1.165) is 21.5 Å². The Morgan fingerprint density at radius 3 is 2.00 bits per heavy atom. The lowest BCUT2D eigenvalue weighted by atomic mass is 10.2. The predicted octanol–water partition coefficient (Wildman–Crippen LogP) is 3.85. The third-order valence-corrected chi connectivity index (χ3v) is 3.54. The first kappa shape index (κ1) is 17.0. The average Bonchev–Trinajstić information content (AvgIpc) is 2.51. The highest BCUT2D eigenvalue weighted by Crippen LogP contribution is 2.15. The van der Waals surface area contributed by atoms with E-state index >= 15 is 0 Å². The minimum Gasteiger partial charge on any atom is -0.385 e. The molecule has 0 aliphatic rings. The summed E-state index contributed by atoms with van der Waals surface area (Å²) in [7, 11) is 0. The van der Waals surface area contributed by atoms with Crippen molar-refractivity contribution in [2.24, 2.45) is 0 Å². The molecule has 3 N–H and O–H groups in total. The van der Waals surface area contributed by atoms with Crippen LogP contribution in [0.1, 0.15) is 13.3 Å². The molecule has 0 fully saturated rings. The van der Waals surface area contributed by atoms with Gasteiger partial charge in [0.2, 0.25) is 11.8 Å². The Kier molecular flexibility index (Phi) is 6.17. The summed E-state index contributed by atoms with van der Waals surface area (Å²) in [6, 6.07) is 14.8. The number of carbonyl (C=O) groups excluding carboxylic acids is 2. The molecule has 0 unspecified atom stereocenters. The summed E-state index contributed by atoms with van der Waals surface area (Å²) >= 11 is 3.35. The zero-order chi connectivity index (χ0) is 16.7. The first-order valence-corrected chi connectivity index (χ1v) is 7.99. The van der Waals surface area contributed by atoms with Crippen LogP contribution in [0.15, 0.2) is 53.0 Å². The molecule has 5 nitrogen and oxygen atoms in total. The number of halogens is 1. The maximum Gasteiger partial charge on any atom is 0.226 e. The Hall–Kier alpha value is -2.34. The van der Waals surface area contributed by atoms with Crippen molar-refractivity contribution in [3.05, 3.63) is 53.0 Å². The van der Waals surface area contributed by atoms with Gasteiger partial charge in [0.05, 0.1) is 0 Å². The highest BCUT2D eigenvalue weighted by atomic mass is 79.9. The first-order valence-electron chi connectivity index (χ1n) is 7.20. The summed E-state index contributed by atoms with van der Waals surface area (Å²) < 4.78 is 0.972. The van der Waals surface area contributed by atoms with Crippen molar-refractivity contribution in [3.8, 4) is 0 Å². The van der Waals surface area contributed by atoms with Gasteiger partial charge >= 0.3 is 0 Å². The highest BCUT2D eigenvalue weighted by molar-refractivity contribution is 9.10. The van der Waals surface area contributed by atoms with Crippen molar-refractivity contribution in [2.75, 3.05) is 22.5 Å². The van der Waals surface area contributed by atoms with Crippen LogP contribution in [0.2, 0.25) is 0 Å². The van der Waals surface area contributed by atoms with Gasteiger partial charge in [-0.25, -0.2) is 0 Å². The second-order valence-corrected chi connectivity index (χ2v) is 5.91. The average molecular weight is 376 g/mol. The Bertz CT molecular complexity index is 669. The molecular weight excluding hydrogens is 358 g/mol. The summed E-state index contributed by atoms with van der Waals surface area (Å²) in [6.45, 7) is 2.00. The number of amides is 2. The summed E-state index contributed by atoms with van der Waals surface area (Å²) in [4.78, 5) is 22.8. The predicted molar refractivity (Wildman–Crippen MR) is 96.6 cm³/mol. The summed E-state index contributed by atoms with van der Waals surface area (Å²) in [5.74, 6) is -0.148. The minimum absolute atomic E-state index is 0.0466. The van der Waals surface area contributed by atoms with E-state index in [0.29, 0.717) is 13.0 Å². The Labute approximate surface area is 143 Å². The van der Waals surface area contributed by atoms with Gasteiger partial charge in [-0.3, -0.25) is 9.59 Å². The maximum absolute atomic E-state index is 11.9. The van der Waals surface area contributed by atoms with Crippen LogP contribution in [0.4, 0.5) is 17.1 Å². The minimum atomic E-state index is -0.102. The van der Waals surface area contributed by atoms with Gasteiger partial charge in [0.25, 0.3) is 0 Å². The molecule has 120 valence electrons. The largest absolute Gasteiger partial charge is 0.385 e. The van der Waals surface area contributed by atoms with E-state index in [4.69, 9.17) is 0 Å². The fourth-order valence-electron chi connectivity index (χ4n) is 1.95. The lowest BCUT2D eigenvalue weighted by Crippen LogP contribution is -2.16. The number of hydrogen-bond acceptors (Lipinski definition) is 3. The fraction of sp³-hybridized carbons (Fsp3) is 0.176. The molecule has 2 amide bonds. The third-order valence-electron chi connectivity index (χ3n) is 3.01. The maximum atomic E-state index is 11.9. The van der Waals surface area contributed by atoms with Crippen LogP contribution < -0.4 is 16.0 Å². The van der Waals surface area contributed by atoms with Crippen LogP contribution in [0.3, 0.4) is 0 Å². The van der Waals surface area contributed by atoms with Gasteiger partial charge in [-0.05, 0) is 48.5 Å². The van der Waals surface area contributed by atoms with Gasteiger partial charge in [0.15, 0.2) is 0 Å². The van der Waals surface area contributed by atoms with Crippen LogP contribution in [-0.4, -0.2) is 18.4 Å². The molecule has 0 saturated heterocycles. The molecule has 0 aliphatic heterocycles. The monoisotopic (exact) mass is 375 g/mol. The Morgan fingerprint density at radius 1 is 0.870 bits per heavy atom. The second kappa shape index (κ2) is 8.33. The number of nitrogens with one attached hydrogen (secondary N) is 3. The normalized spacial score (nSPS) is 10.0. The standard InChI is InChI=1S/C17H18BrN3O2/c1-12(22)20-15-8-6-14(7-9-15)19-11-10-17(23)21-16-4-2-13(18)3-5-16/h2-9,19H,10-11H2,1H3,(H,20,22)(H,21,23). The van der Waals surface area contributed by atoms with Gasteiger partial charge in [-0.15, -0.1) is 0 Å². The number of carbonyl (C=O) groups is 2. The molecule has 2 aromatic rings. The molecule has 0 spiro atoms. The van der Waals surface area contributed by atoms with Gasteiger partial charge in [-0.1, -0.05) is 15.9 Å². The van der Waals surface area contributed by atoms with Crippen LogP contribution in [-0.2, 0) is 9.59 Å². The molecule has 0 saturated carbocycles. The topological polar surface area (TPSA) is 70.2 Å². The number of hydrogen-bond donors (Lipinski definition) is 3. The fourth-order valence-corrected chi connectivity index (χ4v) is 2.22. The van der Waals surface area contributed by atoms with Crippen LogP contribution in [0.5, 0.6) is 0 Å². The second-order valence-electron chi connectivity index (χ2n) is 4.99. The molecule has 0 heterocycles. The summed E-state index contributed by atoms with van der Waals surface area (Å²) in [5.41, 5.74) is 2.42. The van der Waals surface area contributed by atoms with Crippen LogP contribution >= 0.6 is 15.9 Å². The van der Waals surface area contributed by atoms with Crippen molar-refractivity contribution >= 4 is 44.8 Å². The van der Waals surface area contributed by atoms with Crippen molar-refractivity contribution in [1.29, 1.82) is 0 Å². The lowest BCUT2D eigenvalue weighted by molar-refractivity contribution is -0.116. The van der Waals surface area contributed by atoms with Crippen molar-refractivity contribution in [2.45, 2.75) is 13.3 Å². The molecule has 6 heteroatoms. The smallest absolute Gasteiger partial charge is 0.226 e. The third kappa shape index (κ3) is 6.12. The van der Waals surface area contributed by atoms with E-state index in [1.165, 1.54) is 6.92 Å². The van der Waals surface area contributed by atoms with E-state index in [1.807, 2.05) is 48.5 Å². The molecule has 0 radical (unpaired) electrons. The van der Waals surface area contributed by atoms with Crippen LogP contribution in [0, 0.1) is 0 Å². The van der Waals surface area contributed by atoms with Crippen LogP contribution in [0.25, 0.3) is 0 Å². The zero-order valence-corrected chi connectivity index (χ0v) is 14.3. The van der Waals surface area contributed by atoms with E-state index < -0.39 is 0 Å². The first-order chi connectivity index (χ1) is 11.0.